The van der Waals surface area contributed by atoms with Crippen LogP contribution in [0.15, 0.2) is 0 Å². The molecular formula is C12H28OPdSn. The van der Waals surface area contributed by atoms with Crippen molar-refractivity contribution in [1.82, 2.24) is 0 Å². The molecule has 0 bridgehead atoms. The number of rotatable bonds is 8. The average Bonchev–Trinajstić information content (AvgIpc) is 2.20. The number of hydrogen-bond donors (Lipinski definition) is 1. The summed E-state index contributed by atoms with van der Waals surface area (Å²) in [5, 5.41) is 8.07. The van der Waals surface area contributed by atoms with Crippen LogP contribution in [-0.2, 0) is 20.4 Å². The van der Waals surface area contributed by atoms with Crippen molar-refractivity contribution >= 4 is 21.1 Å². The van der Waals surface area contributed by atoms with E-state index in [2.05, 4.69) is 20.8 Å². The Kier molecular flexibility index (Phi) is 35.5. The summed E-state index contributed by atoms with van der Waals surface area (Å²) in [6.07, 6.45) is 7.88. The third-order valence-electron chi connectivity index (χ3n) is 1.93. The van der Waals surface area contributed by atoms with E-state index in [1.54, 1.807) is 8.87 Å². The first kappa shape index (κ1) is 21.7. The van der Waals surface area contributed by atoms with E-state index in [1.807, 2.05) is 0 Å². The van der Waals surface area contributed by atoms with Crippen LogP contribution in [0.5, 0.6) is 0 Å². The maximum atomic E-state index is 8.07. The molecule has 2 radical (unpaired) electrons. The summed E-state index contributed by atoms with van der Waals surface area (Å²) in [6, 6.07) is 0. The van der Waals surface area contributed by atoms with Crippen LogP contribution in [0.4, 0.5) is 0 Å². The smallest absolute Gasteiger partial charge is 0 e. The molecule has 0 saturated heterocycles. The Hall–Kier alpha value is 1.42. The summed E-state index contributed by atoms with van der Waals surface area (Å²) in [6.45, 7) is 6.98. The van der Waals surface area contributed by atoms with Crippen molar-refractivity contribution in [1.29, 1.82) is 0 Å². The van der Waals surface area contributed by atoms with E-state index < -0.39 is 0 Å². The van der Waals surface area contributed by atoms with Crippen LogP contribution in [0.1, 0.15) is 59.3 Å². The van der Waals surface area contributed by atoms with Crippen molar-refractivity contribution in [3.8, 4) is 0 Å². The van der Waals surface area contributed by atoms with Gasteiger partial charge in [-0.25, -0.2) is 0 Å². The first-order valence-electron chi connectivity index (χ1n) is 6.14. The number of unbranched alkanes of at least 4 members (excludes halogenated alkanes) is 3. The fourth-order valence-electron chi connectivity index (χ4n) is 0.887. The predicted octanol–water partition coefficient (Wildman–Crippen LogP) is 3.90. The molecule has 0 aliphatic rings. The van der Waals surface area contributed by atoms with Gasteiger partial charge < -0.3 is 5.11 Å². The van der Waals surface area contributed by atoms with Gasteiger partial charge in [0.05, 0.1) is 0 Å². The molecule has 0 amide bonds. The third-order valence-corrected chi connectivity index (χ3v) is 5.96. The molecule has 0 fully saturated rings. The molecule has 0 aromatic carbocycles. The van der Waals surface area contributed by atoms with Gasteiger partial charge >= 0.3 is 69.5 Å². The van der Waals surface area contributed by atoms with Crippen LogP contribution in [0.2, 0.25) is 8.87 Å². The van der Waals surface area contributed by atoms with Crippen LogP contribution in [0.25, 0.3) is 0 Å². The van der Waals surface area contributed by atoms with E-state index in [1.165, 1.54) is 25.7 Å². The van der Waals surface area contributed by atoms with Crippen LogP contribution in [0.3, 0.4) is 0 Å². The topological polar surface area (TPSA) is 20.2 Å². The maximum Gasteiger partial charge on any atom is 0 e. The number of hydrogen-bond acceptors (Lipinski definition) is 1. The molecule has 0 rings (SSSR count). The molecule has 0 aliphatic carbocycles. The molecule has 0 unspecified atom stereocenters. The Labute approximate surface area is 121 Å². The van der Waals surface area contributed by atoms with Crippen molar-refractivity contribution in [2.75, 3.05) is 6.61 Å². The SMILES string of the molecule is CCCCO.CCC[CH2][Sn][CH2]CCC.[Pd]. The summed E-state index contributed by atoms with van der Waals surface area (Å²) in [5.74, 6) is 0. The first-order valence-corrected chi connectivity index (χ1v) is 10.2. The molecule has 0 saturated carbocycles. The minimum absolute atomic E-state index is 0. The van der Waals surface area contributed by atoms with E-state index in [0.717, 1.165) is 12.8 Å². The fourth-order valence-corrected chi connectivity index (χ4v) is 5.05. The number of aliphatic hydroxyl groups is 1. The Morgan fingerprint density at radius 1 is 0.800 bits per heavy atom. The van der Waals surface area contributed by atoms with Crippen LogP contribution in [-0.4, -0.2) is 32.9 Å². The van der Waals surface area contributed by atoms with Crippen molar-refractivity contribution in [3.63, 3.8) is 0 Å². The van der Waals surface area contributed by atoms with Gasteiger partial charge in [-0.1, -0.05) is 13.3 Å². The second kappa shape index (κ2) is 24.6. The van der Waals surface area contributed by atoms with Crippen molar-refractivity contribution in [3.05, 3.63) is 0 Å². The Bertz CT molecular complexity index is 74.0. The summed E-state index contributed by atoms with van der Waals surface area (Å²) < 4.78 is 3.25. The summed E-state index contributed by atoms with van der Waals surface area (Å²) in [5.41, 5.74) is 0. The normalized spacial score (nSPS) is 8.80. The van der Waals surface area contributed by atoms with Crippen LogP contribution in [0, 0.1) is 0 Å². The quantitative estimate of drug-likeness (QED) is 0.473. The molecule has 0 aromatic rings. The Morgan fingerprint density at radius 3 is 1.40 bits per heavy atom. The Balaban J connectivity index is -0.000000208. The summed E-state index contributed by atoms with van der Waals surface area (Å²) >= 11 is 0.149. The summed E-state index contributed by atoms with van der Waals surface area (Å²) in [4.78, 5) is 0. The standard InChI is InChI=1S/C4H10O.2C4H9.Pd.Sn/c1-2-3-4-5;2*1-3-4-2;;/h5H,2-4H2,1H3;2*1,3-4H2,2H3;;. The van der Waals surface area contributed by atoms with Gasteiger partial charge in [0.25, 0.3) is 0 Å². The van der Waals surface area contributed by atoms with Gasteiger partial charge in [-0.05, 0) is 6.42 Å². The molecule has 1 nitrogen and oxygen atoms in total. The summed E-state index contributed by atoms with van der Waals surface area (Å²) in [7, 11) is 0. The first-order chi connectivity index (χ1) is 6.83. The van der Waals surface area contributed by atoms with Crippen LogP contribution >= 0.6 is 0 Å². The molecule has 0 aromatic heterocycles. The minimum Gasteiger partial charge on any atom is 0 e. The Morgan fingerprint density at radius 2 is 1.20 bits per heavy atom. The molecule has 0 aliphatic heterocycles. The minimum atomic E-state index is 0. The molecule has 1 N–H and O–H groups in total. The van der Waals surface area contributed by atoms with E-state index >= 15 is 0 Å². The van der Waals surface area contributed by atoms with Gasteiger partial charge in [-0.3, -0.25) is 0 Å². The molecule has 0 spiro atoms. The van der Waals surface area contributed by atoms with Crippen molar-refractivity contribution in [2.24, 2.45) is 0 Å². The van der Waals surface area contributed by atoms with Crippen molar-refractivity contribution < 1.29 is 25.5 Å². The molecular weight excluding hydrogens is 385 g/mol. The molecule has 0 heterocycles. The van der Waals surface area contributed by atoms with E-state index in [0.29, 0.717) is 6.61 Å². The van der Waals surface area contributed by atoms with Gasteiger partial charge in [0.2, 0.25) is 0 Å². The largest absolute Gasteiger partial charge is 0 e. The molecule has 0 atom stereocenters. The van der Waals surface area contributed by atoms with Gasteiger partial charge in [0.15, 0.2) is 0 Å². The average molecular weight is 413 g/mol. The van der Waals surface area contributed by atoms with E-state index in [-0.39, 0.29) is 41.6 Å². The van der Waals surface area contributed by atoms with E-state index in [9.17, 15) is 0 Å². The number of aliphatic hydroxyl groups excluding tert-OH is 1. The van der Waals surface area contributed by atoms with Gasteiger partial charge in [0.1, 0.15) is 0 Å². The monoisotopic (exact) mass is 414 g/mol. The molecule has 96 valence electrons. The predicted molar refractivity (Wildman–Crippen MR) is 67.2 cm³/mol. The molecule has 3 heteroatoms. The maximum absolute atomic E-state index is 8.07. The zero-order valence-corrected chi connectivity index (χ0v) is 15.0. The second-order valence-corrected chi connectivity index (χ2v) is 7.82. The van der Waals surface area contributed by atoms with Crippen molar-refractivity contribution in [2.45, 2.75) is 68.2 Å². The van der Waals surface area contributed by atoms with Gasteiger partial charge in [-0.15, -0.1) is 0 Å². The third kappa shape index (κ3) is 31.3. The van der Waals surface area contributed by atoms with Crippen LogP contribution < -0.4 is 0 Å². The fraction of sp³-hybridized carbons (Fsp3) is 1.00. The zero-order chi connectivity index (χ0) is 11.1. The second-order valence-electron chi connectivity index (χ2n) is 3.53. The van der Waals surface area contributed by atoms with E-state index in [4.69, 9.17) is 5.11 Å². The van der Waals surface area contributed by atoms with Gasteiger partial charge in [0, 0.05) is 27.0 Å². The molecule has 15 heavy (non-hydrogen) atoms. The zero-order valence-electron chi connectivity index (χ0n) is 10.6. The van der Waals surface area contributed by atoms with Gasteiger partial charge in [-0.2, -0.15) is 0 Å².